The molecule has 0 bridgehead atoms. The summed E-state index contributed by atoms with van der Waals surface area (Å²) in [6, 6.07) is 15.5. The average Bonchev–Trinajstić information content (AvgIpc) is 2.79. The Balaban J connectivity index is 0.00000181. The van der Waals surface area contributed by atoms with Crippen molar-refractivity contribution in [3.05, 3.63) is 59.7 Å². The second-order valence-electron chi connectivity index (χ2n) is 8.17. The van der Waals surface area contributed by atoms with Gasteiger partial charge in [-0.15, -0.1) is 24.8 Å². The van der Waals surface area contributed by atoms with Gasteiger partial charge in [-0.2, -0.15) is 0 Å². The number of hydrogen-bond acceptors (Lipinski definition) is 5. The van der Waals surface area contributed by atoms with Crippen LogP contribution >= 0.6 is 24.8 Å². The molecule has 2 aromatic rings. The molecule has 0 atom stereocenters. The van der Waals surface area contributed by atoms with E-state index < -0.39 is 5.92 Å². The predicted octanol–water partition coefficient (Wildman–Crippen LogP) is 5.12. The fraction of sp³-hybridized carbons (Fsp3) is 0.480. The Morgan fingerprint density at radius 3 is 1.91 bits per heavy atom. The van der Waals surface area contributed by atoms with E-state index in [4.69, 9.17) is 9.47 Å². The summed E-state index contributed by atoms with van der Waals surface area (Å²) in [5, 5.41) is 0. The quantitative estimate of drug-likeness (QED) is 0.387. The van der Waals surface area contributed by atoms with Crippen LogP contribution in [0.3, 0.4) is 0 Å². The molecule has 0 aromatic heterocycles. The third-order valence-corrected chi connectivity index (χ3v) is 6.07. The van der Waals surface area contributed by atoms with Gasteiger partial charge in [-0.3, -0.25) is 4.79 Å². The van der Waals surface area contributed by atoms with Crippen LogP contribution in [0.25, 0.3) is 0 Å². The number of hydrogen-bond donors (Lipinski definition) is 0. The van der Waals surface area contributed by atoms with Gasteiger partial charge in [0.1, 0.15) is 17.4 Å². The number of fused-ring (bicyclic) bond motifs is 2. The number of halogens is 2. The Labute approximate surface area is 203 Å². The van der Waals surface area contributed by atoms with Crippen molar-refractivity contribution in [1.29, 1.82) is 0 Å². The van der Waals surface area contributed by atoms with Crippen LogP contribution in [-0.4, -0.2) is 61.6 Å². The van der Waals surface area contributed by atoms with E-state index in [0.29, 0.717) is 6.61 Å². The smallest absolute Gasteiger partial charge is 0.318 e. The van der Waals surface area contributed by atoms with Crippen molar-refractivity contribution < 1.29 is 14.3 Å². The summed E-state index contributed by atoms with van der Waals surface area (Å²) in [5.41, 5.74) is 1.76. The maximum Gasteiger partial charge on any atom is 0.318 e. The molecular weight excluding hydrogens is 447 g/mol. The van der Waals surface area contributed by atoms with Gasteiger partial charge in [0.2, 0.25) is 0 Å². The third-order valence-electron chi connectivity index (χ3n) is 6.07. The first kappa shape index (κ1) is 26.5. The standard InChI is InChI=1S/C25H32N2O3.2ClH/c1-2-3-13-26-15-17-27(18-16-26)14-8-19-29-25(28)24-20-9-4-6-11-22(20)30-23-12-7-5-10-21(23)24;;/h4-7,9-12,24H,2-3,8,13-19H2,1H3;2*1H. The highest BCUT2D eigenvalue weighted by atomic mass is 35.5. The Kier molecular flexibility index (Phi) is 10.8. The number of esters is 1. The normalized spacial score (nSPS) is 16.0. The third kappa shape index (κ3) is 6.38. The van der Waals surface area contributed by atoms with E-state index in [9.17, 15) is 4.79 Å². The van der Waals surface area contributed by atoms with Gasteiger partial charge in [-0.25, -0.2) is 0 Å². The Bertz CT molecular complexity index is 811. The van der Waals surface area contributed by atoms with Crippen molar-refractivity contribution >= 4 is 30.8 Å². The zero-order valence-corrected chi connectivity index (χ0v) is 20.3. The average molecular weight is 481 g/mol. The molecule has 2 aromatic carbocycles. The van der Waals surface area contributed by atoms with E-state index >= 15 is 0 Å². The summed E-state index contributed by atoms with van der Waals surface area (Å²) < 4.78 is 11.7. The van der Waals surface area contributed by atoms with Crippen LogP contribution in [0.5, 0.6) is 11.5 Å². The molecule has 5 nitrogen and oxygen atoms in total. The molecule has 2 aliphatic rings. The number of unbranched alkanes of at least 4 members (excludes halogenated alkanes) is 1. The lowest BCUT2D eigenvalue weighted by Gasteiger charge is -2.34. The van der Waals surface area contributed by atoms with Gasteiger partial charge >= 0.3 is 5.97 Å². The highest BCUT2D eigenvalue weighted by molar-refractivity contribution is 5.86. The zero-order valence-electron chi connectivity index (χ0n) is 18.7. The molecule has 0 amide bonds. The minimum Gasteiger partial charge on any atom is -0.465 e. The van der Waals surface area contributed by atoms with E-state index in [1.165, 1.54) is 19.4 Å². The van der Waals surface area contributed by atoms with Gasteiger partial charge in [0.05, 0.1) is 6.61 Å². The van der Waals surface area contributed by atoms with Crippen LogP contribution in [-0.2, 0) is 9.53 Å². The number of carbonyl (C=O) groups is 1. The minimum absolute atomic E-state index is 0. The summed E-state index contributed by atoms with van der Waals surface area (Å²) in [7, 11) is 0. The van der Waals surface area contributed by atoms with Gasteiger partial charge in [-0.1, -0.05) is 49.7 Å². The summed E-state index contributed by atoms with van der Waals surface area (Å²) in [6.07, 6.45) is 3.41. The first-order valence-electron chi connectivity index (χ1n) is 11.2. The molecule has 2 aliphatic heterocycles. The second kappa shape index (κ2) is 13.0. The number of piperazine rings is 1. The van der Waals surface area contributed by atoms with Crippen molar-refractivity contribution in [3.63, 3.8) is 0 Å². The minimum atomic E-state index is -0.423. The molecular formula is C25H34Cl2N2O3. The maximum absolute atomic E-state index is 13.0. The SMILES string of the molecule is CCCCN1CCN(CCCOC(=O)C2c3ccccc3Oc3ccccc32)CC1.Cl.Cl. The van der Waals surface area contributed by atoms with Crippen LogP contribution < -0.4 is 4.74 Å². The Morgan fingerprint density at radius 2 is 1.38 bits per heavy atom. The second-order valence-corrected chi connectivity index (χ2v) is 8.17. The number of nitrogens with zero attached hydrogens (tertiary/aromatic N) is 2. The van der Waals surface area contributed by atoms with Crippen LogP contribution in [0.2, 0.25) is 0 Å². The van der Waals surface area contributed by atoms with E-state index in [-0.39, 0.29) is 30.8 Å². The molecule has 1 saturated heterocycles. The van der Waals surface area contributed by atoms with Crippen molar-refractivity contribution in [1.82, 2.24) is 9.80 Å². The monoisotopic (exact) mass is 480 g/mol. The van der Waals surface area contributed by atoms with Gasteiger partial charge in [-0.05, 0) is 31.5 Å². The number of ether oxygens (including phenoxy) is 2. The molecule has 0 spiro atoms. The number of benzene rings is 2. The molecule has 1 fully saturated rings. The molecule has 176 valence electrons. The molecule has 0 aliphatic carbocycles. The van der Waals surface area contributed by atoms with Gasteiger partial charge in [0.25, 0.3) is 0 Å². The van der Waals surface area contributed by atoms with Crippen molar-refractivity contribution in [3.8, 4) is 11.5 Å². The van der Waals surface area contributed by atoms with E-state index in [1.807, 2.05) is 48.5 Å². The molecule has 4 rings (SSSR count). The Hall–Kier alpha value is -1.79. The first-order chi connectivity index (χ1) is 14.8. The molecule has 0 unspecified atom stereocenters. The summed E-state index contributed by atoms with van der Waals surface area (Å²) in [4.78, 5) is 18.1. The van der Waals surface area contributed by atoms with Crippen LogP contribution in [0, 0.1) is 0 Å². The lowest BCUT2D eigenvalue weighted by molar-refractivity contribution is -0.144. The van der Waals surface area contributed by atoms with E-state index in [0.717, 1.165) is 61.8 Å². The van der Waals surface area contributed by atoms with E-state index in [2.05, 4.69) is 16.7 Å². The highest BCUT2D eigenvalue weighted by Gasteiger charge is 2.33. The van der Waals surface area contributed by atoms with Crippen molar-refractivity contribution in [2.75, 3.05) is 45.9 Å². The fourth-order valence-electron chi connectivity index (χ4n) is 4.33. The lowest BCUT2D eigenvalue weighted by atomic mass is 9.88. The number of rotatable bonds is 8. The summed E-state index contributed by atoms with van der Waals surface area (Å²) in [5.74, 6) is 0.856. The van der Waals surface area contributed by atoms with Crippen LogP contribution in [0.15, 0.2) is 48.5 Å². The maximum atomic E-state index is 13.0. The molecule has 7 heteroatoms. The zero-order chi connectivity index (χ0) is 20.8. The fourth-order valence-corrected chi connectivity index (χ4v) is 4.33. The molecule has 2 heterocycles. The van der Waals surface area contributed by atoms with Crippen molar-refractivity contribution in [2.45, 2.75) is 32.1 Å². The summed E-state index contributed by atoms with van der Waals surface area (Å²) in [6.45, 7) is 9.42. The topological polar surface area (TPSA) is 42.0 Å². The van der Waals surface area contributed by atoms with E-state index in [1.54, 1.807) is 0 Å². The first-order valence-corrected chi connectivity index (χ1v) is 11.2. The van der Waals surface area contributed by atoms with Crippen molar-refractivity contribution in [2.24, 2.45) is 0 Å². The van der Waals surface area contributed by atoms with Crippen LogP contribution in [0.4, 0.5) is 0 Å². The van der Waals surface area contributed by atoms with Crippen LogP contribution in [0.1, 0.15) is 43.2 Å². The number of para-hydroxylation sites is 2. The Morgan fingerprint density at radius 1 is 0.875 bits per heavy atom. The largest absolute Gasteiger partial charge is 0.465 e. The molecule has 0 saturated carbocycles. The van der Waals surface area contributed by atoms with Gasteiger partial charge < -0.3 is 19.3 Å². The highest BCUT2D eigenvalue weighted by Crippen LogP contribution is 2.44. The summed E-state index contributed by atoms with van der Waals surface area (Å²) >= 11 is 0. The molecule has 0 N–H and O–H groups in total. The molecule has 0 radical (unpaired) electrons. The molecule has 32 heavy (non-hydrogen) atoms. The number of carbonyl (C=O) groups excluding carboxylic acids is 1. The predicted molar refractivity (Wildman–Crippen MR) is 133 cm³/mol. The van der Waals surface area contributed by atoms with Gasteiger partial charge in [0.15, 0.2) is 0 Å². The lowest BCUT2D eigenvalue weighted by Crippen LogP contribution is -2.46. The van der Waals surface area contributed by atoms with Gasteiger partial charge in [0, 0.05) is 43.9 Å².